The molecule has 134 valence electrons. The fourth-order valence-electron chi connectivity index (χ4n) is 3.00. The van der Waals surface area contributed by atoms with Crippen LogP contribution in [0.4, 0.5) is 0 Å². The largest absolute Gasteiger partial charge is 0.497 e. The summed E-state index contributed by atoms with van der Waals surface area (Å²) in [6, 6.07) is 7.57. The fourth-order valence-corrected chi connectivity index (χ4v) is 3.15. The highest BCUT2D eigenvalue weighted by molar-refractivity contribution is 6.30. The lowest BCUT2D eigenvalue weighted by atomic mass is 9.99. The standard InChI is InChI=1S/C18H22ClN3O3/c1-24-16-5-2-6-17(8-16)25-13-14-4-3-7-21(10-14)18(23)12-22-11-15(19)9-20-22/h2,5-6,8-9,11,14H,3-4,7,10,12-13H2,1H3. The summed E-state index contributed by atoms with van der Waals surface area (Å²) in [5, 5.41) is 4.60. The van der Waals surface area contributed by atoms with E-state index in [1.54, 1.807) is 18.0 Å². The average molecular weight is 364 g/mol. The molecular weight excluding hydrogens is 342 g/mol. The van der Waals surface area contributed by atoms with E-state index in [1.807, 2.05) is 29.2 Å². The van der Waals surface area contributed by atoms with Gasteiger partial charge in [0.15, 0.2) is 0 Å². The number of methoxy groups -OCH3 is 1. The summed E-state index contributed by atoms with van der Waals surface area (Å²) in [4.78, 5) is 14.3. The molecule has 1 amide bonds. The van der Waals surface area contributed by atoms with E-state index in [2.05, 4.69) is 5.10 Å². The van der Waals surface area contributed by atoms with Crippen molar-refractivity contribution in [2.75, 3.05) is 26.8 Å². The molecule has 0 spiro atoms. The van der Waals surface area contributed by atoms with Gasteiger partial charge in [0.05, 0.1) is 24.9 Å². The summed E-state index contributed by atoms with van der Waals surface area (Å²) in [5.41, 5.74) is 0. The Labute approximate surface area is 152 Å². The number of carbonyl (C=O) groups excluding carboxylic acids is 1. The van der Waals surface area contributed by atoms with Crippen LogP contribution < -0.4 is 9.47 Å². The molecule has 1 atom stereocenters. The van der Waals surface area contributed by atoms with Gasteiger partial charge in [0.25, 0.3) is 0 Å². The number of piperidine rings is 1. The van der Waals surface area contributed by atoms with Gasteiger partial charge in [-0.1, -0.05) is 17.7 Å². The zero-order valence-electron chi connectivity index (χ0n) is 14.2. The predicted octanol–water partition coefficient (Wildman–Crippen LogP) is 2.86. The molecule has 2 aromatic rings. The van der Waals surface area contributed by atoms with Crippen LogP contribution in [-0.2, 0) is 11.3 Å². The van der Waals surface area contributed by atoms with Gasteiger partial charge in [0.2, 0.25) is 5.91 Å². The Morgan fingerprint density at radius 1 is 1.40 bits per heavy atom. The van der Waals surface area contributed by atoms with Crippen molar-refractivity contribution in [3.8, 4) is 11.5 Å². The number of ether oxygens (including phenoxy) is 2. The Morgan fingerprint density at radius 2 is 2.24 bits per heavy atom. The Bertz CT molecular complexity index is 719. The second kappa shape index (κ2) is 8.25. The molecule has 1 fully saturated rings. The van der Waals surface area contributed by atoms with Gasteiger partial charge in [0.1, 0.15) is 18.0 Å². The van der Waals surface area contributed by atoms with Crippen LogP contribution >= 0.6 is 11.6 Å². The lowest BCUT2D eigenvalue weighted by Gasteiger charge is -2.32. The van der Waals surface area contributed by atoms with Crippen LogP contribution in [0.15, 0.2) is 36.7 Å². The summed E-state index contributed by atoms with van der Waals surface area (Å²) >= 11 is 5.84. The third-order valence-electron chi connectivity index (χ3n) is 4.30. The molecular formula is C18H22ClN3O3. The van der Waals surface area contributed by atoms with Gasteiger partial charge >= 0.3 is 0 Å². The number of halogens is 1. The van der Waals surface area contributed by atoms with E-state index in [0.29, 0.717) is 24.1 Å². The normalized spacial score (nSPS) is 17.4. The summed E-state index contributed by atoms with van der Waals surface area (Å²) in [6.45, 7) is 2.29. The number of likely N-dealkylation sites (tertiary alicyclic amines) is 1. The molecule has 1 aromatic carbocycles. The van der Waals surface area contributed by atoms with Crippen molar-refractivity contribution in [3.05, 3.63) is 41.7 Å². The number of aromatic nitrogens is 2. The molecule has 0 bridgehead atoms. The molecule has 1 aliphatic rings. The minimum Gasteiger partial charge on any atom is -0.497 e. The van der Waals surface area contributed by atoms with Crippen molar-refractivity contribution in [2.45, 2.75) is 19.4 Å². The van der Waals surface area contributed by atoms with Gasteiger partial charge in [-0.2, -0.15) is 5.10 Å². The van der Waals surface area contributed by atoms with Crippen LogP contribution in [0, 0.1) is 5.92 Å². The van der Waals surface area contributed by atoms with Crippen molar-refractivity contribution >= 4 is 17.5 Å². The maximum Gasteiger partial charge on any atom is 0.244 e. The number of hydrogen-bond donors (Lipinski definition) is 0. The molecule has 1 aromatic heterocycles. The number of hydrogen-bond acceptors (Lipinski definition) is 4. The highest BCUT2D eigenvalue weighted by atomic mass is 35.5. The lowest BCUT2D eigenvalue weighted by Crippen LogP contribution is -2.43. The van der Waals surface area contributed by atoms with Crippen molar-refractivity contribution in [1.82, 2.24) is 14.7 Å². The van der Waals surface area contributed by atoms with E-state index < -0.39 is 0 Å². The molecule has 0 aliphatic carbocycles. The minimum absolute atomic E-state index is 0.0610. The van der Waals surface area contributed by atoms with E-state index in [-0.39, 0.29) is 12.5 Å². The first-order valence-corrected chi connectivity index (χ1v) is 8.74. The van der Waals surface area contributed by atoms with Crippen LogP contribution in [0.2, 0.25) is 5.02 Å². The first kappa shape index (κ1) is 17.6. The molecule has 3 rings (SSSR count). The molecule has 7 heteroatoms. The maximum atomic E-state index is 12.4. The Balaban J connectivity index is 1.51. The predicted molar refractivity (Wildman–Crippen MR) is 95.0 cm³/mol. The quantitative estimate of drug-likeness (QED) is 0.791. The third-order valence-corrected chi connectivity index (χ3v) is 4.49. The first-order valence-electron chi connectivity index (χ1n) is 8.36. The number of benzene rings is 1. The summed E-state index contributed by atoms with van der Waals surface area (Å²) in [7, 11) is 1.64. The summed E-state index contributed by atoms with van der Waals surface area (Å²) < 4.78 is 12.7. The van der Waals surface area contributed by atoms with Gasteiger partial charge in [-0.25, -0.2) is 0 Å². The molecule has 6 nitrogen and oxygen atoms in total. The number of carbonyl (C=O) groups is 1. The second-order valence-electron chi connectivity index (χ2n) is 6.19. The molecule has 0 N–H and O–H groups in total. The van der Waals surface area contributed by atoms with E-state index in [4.69, 9.17) is 21.1 Å². The monoisotopic (exact) mass is 363 g/mol. The SMILES string of the molecule is COc1cccc(OCC2CCCN(C(=O)Cn3cc(Cl)cn3)C2)c1. The minimum atomic E-state index is 0.0610. The molecule has 2 heterocycles. The molecule has 1 unspecified atom stereocenters. The van der Waals surface area contributed by atoms with E-state index >= 15 is 0 Å². The smallest absolute Gasteiger partial charge is 0.244 e. The van der Waals surface area contributed by atoms with Crippen LogP contribution in [0.5, 0.6) is 11.5 Å². The average Bonchev–Trinajstić information content (AvgIpc) is 3.05. The lowest BCUT2D eigenvalue weighted by molar-refractivity contribution is -0.134. The van der Waals surface area contributed by atoms with Crippen molar-refractivity contribution < 1.29 is 14.3 Å². The van der Waals surface area contributed by atoms with E-state index in [9.17, 15) is 4.79 Å². The molecule has 1 saturated heterocycles. The van der Waals surface area contributed by atoms with E-state index in [0.717, 1.165) is 30.9 Å². The van der Waals surface area contributed by atoms with Gasteiger partial charge < -0.3 is 14.4 Å². The molecule has 25 heavy (non-hydrogen) atoms. The van der Waals surface area contributed by atoms with Crippen LogP contribution in [-0.4, -0.2) is 47.4 Å². The van der Waals surface area contributed by atoms with Crippen LogP contribution in [0.1, 0.15) is 12.8 Å². The first-order chi connectivity index (χ1) is 12.1. The molecule has 0 saturated carbocycles. The van der Waals surface area contributed by atoms with E-state index in [1.165, 1.54) is 6.20 Å². The zero-order chi connectivity index (χ0) is 17.6. The van der Waals surface area contributed by atoms with Crippen LogP contribution in [0.25, 0.3) is 0 Å². The third kappa shape index (κ3) is 4.89. The number of amides is 1. The Kier molecular flexibility index (Phi) is 5.81. The van der Waals surface area contributed by atoms with Gasteiger partial charge in [-0.05, 0) is 25.0 Å². The van der Waals surface area contributed by atoms with Crippen molar-refractivity contribution in [1.29, 1.82) is 0 Å². The Hall–Kier alpha value is -2.21. The molecule has 1 aliphatic heterocycles. The zero-order valence-corrected chi connectivity index (χ0v) is 15.0. The van der Waals surface area contributed by atoms with Gasteiger partial charge in [0, 0.05) is 31.3 Å². The number of rotatable bonds is 6. The van der Waals surface area contributed by atoms with Gasteiger partial charge in [-0.15, -0.1) is 0 Å². The highest BCUT2D eigenvalue weighted by Gasteiger charge is 2.24. The van der Waals surface area contributed by atoms with Gasteiger partial charge in [-0.3, -0.25) is 9.48 Å². The second-order valence-corrected chi connectivity index (χ2v) is 6.63. The van der Waals surface area contributed by atoms with Crippen molar-refractivity contribution in [2.24, 2.45) is 5.92 Å². The fraction of sp³-hybridized carbons (Fsp3) is 0.444. The van der Waals surface area contributed by atoms with Crippen molar-refractivity contribution in [3.63, 3.8) is 0 Å². The highest BCUT2D eigenvalue weighted by Crippen LogP contribution is 2.22. The summed E-state index contributed by atoms with van der Waals surface area (Å²) in [6.07, 6.45) is 5.24. The topological polar surface area (TPSA) is 56.6 Å². The number of nitrogens with zero attached hydrogens (tertiary/aromatic N) is 3. The molecule has 0 radical (unpaired) electrons. The summed E-state index contributed by atoms with van der Waals surface area (Å²) in [5.74, 6) is 1.95. The maximum absolute atomic E-state index is 12.4. The van der Waals surface area contributed by atoms with Crippen LogP contribution in [0.3, 0.4) is 0 Å². The Morgan fingerprint density at radius 3 is 3.00 bits per heavy atom.